The summed E-state index contributed by atoms with van der Waals surface area (Å²) in [5, 5.41) is 24.7. The minimum absolute atomic E-state index is 0.00258. The number of sulfonamides is 1. The zero-order chi connectivity index (χ0) is 42.5. The van der Waals surface area contributed by atoms with E-state index in [1.54, 1.807) is 18.2 Å². The first kappa shape index (κ1) is 43.1. The number of nitrogens with one attached hydrogen (secondary N) is 2. The molecule has 20 heteroatoms. The monoisotopic (exact) mass is 860 g/mol. The van der Waals surface area contributed by atoms with E-state index in [-0.39, 0.29) is 72.2 Å². The molecule has 3 heterocycles. The predicted molar refractivity (Wildman–Crippen MR) is 215 cm³/mol. The lowest BCUT2D eigenvalue weighted by Crippen LogP contribution is -2.64. The smallest absolute Gasteiger partial charge is 0.287 e. The molecule has 3 atom stereocenters. The van der Waals surface area contributed by atoms with Gasteiger partial charge in [0.1, 0.15) is 23.2 Å². The summed E-state index contributed by atoms with van der Waals surface area (Å²) in [4.78, 5) is 70.4. The van der Waals surface area contributed by atoms with Crippen molar-refractivity contribution in [3.8, 4) is 0 Å². The minimum Gasteiger partial charge on any atom is -0.384 e. The van der Waals surface area contributed by atoms with Crippen molar-refractivity contribution in [2.45, 2.75) is 144 Å². The third-order valence-corrected chi connectivity index (χ3v) is 16.3. The van der Waals surface area contributed by atoms with Crippen molar-refractivity contribution >= 4 is 50.0 Å². The molecular weight excluding hydrogens is 805 g/mol. The summed E-state index contributed by atoms with van der Waals surface area (Å²) < 4.78 is 50.9. The normalized spacial score (nSPS) is 24.6. The molecule has 18 nitrogen and oxygen atoms in total. The quantitative estimate of drug-likeness (QED) is 0.141. The van der Waals surface area contributed by atoms with E-state index in [2.05, 4.69) is 20.9 Å². The maximum Gasteiger partial charge on any atom is 0.287 e. The molecule has 3 saturated carbocycles. The summed E-state index contributed by atoms with van der Waals surface area (Å²) in [6.45, 7) is 3.00. The number of nitrogens with two attached hydrogens (primary N) is 1. The van der Waals surface area contributed by atoms with Crippen LogP contribution in [-0.2, 0) is 34.8 Å². The maximum atomic E-state index is 14.9. The first-order chi connectivity index (χ1) is 27.8. The molecule has 1 aromatic carbocycles. The van der Waals surface area contributed by atoms with E-state index in [1.165, 1.54) is 40.0 Å². The largest absolute Gasteiger partial charge is 0.384 e. The second kappa shape index (κ2) is 16.5. The Hall–Kier alpha value is -3.95. The fourth-order valence-electron chi connectivity index (χ4n) is 8.97. The highest BCUT2D eigenvalue weighted by atomic mass is 32.3. The second-order valence-corrected chi connectivity index (χ2v) is 21.8. The van der Waals surface area contributed by atoms with E-state index in [0.717, 1.165) is 57.8 Å². The second-order valence-electron chi connectivity index (χ2n) is 17.6. The Labute approximate surface area is 345 Å². The first-order valence-corrected chi connectivity index (χ1v) is 23.9. The van der Waals surface area contributed by atoms with Crippen LogP contribution < -0.4 is 16.4 Å². The molecule has 3 aliphatic carbocycles. The zero-order valence-corrected chi connectivity index (χ0v) is 35.1. The van der Waals surface area contributed by atoms with Crippen LogP contribution in [0.2, 0.25) is 0 Å². The van der Waals surface area contributed by atoms with Gasteiger partial charge >= 0.3 is 0 Å². The Morgan fingerprint density at radius 1 is 0.983 bits per heavy atom. The van der Waals surface area contributed by atoms with Crippen LogP contribution in [0.5, 0.6) is 0 Å². The van der Waals surface area contributed by atoms with Crippen molar-refractivity contribution in [1.82, 2.24) is 34.8 Å². The topological polar surface area (TPSA) is 267 Å². The van der Waals surface area contributed by atoms with Crippen LogP contribution in [0.3, 0.4) is 0 Å². The van der Waals surface area contributed by atoms with Gasteiger partial charge in [0.15, 0.2) is 0 Å². The molecule has 324 valence electrons. The molecule has 2 aromatic rings. The summed E-state index contributed by atoms with van der Waals surface area (Å²) in [5.41, 5.74) is 2.66. The summed E-state index contributed by atoms with van der Waals surface area (Å²) in [6.07, 6.45) is 9.02. The van der Waals surface area contributed by atoms with Crippen LogP contribution >= 0.6 is 10.6 Å². The molecule has 1 aromatic heterocycles. The van der Waals surface area contributed by atoms with Crippen LogP contribution in [0, 0.1) is 5.92 Å². The van der Waals surface area contributed by atoms with Gasteiger partial charge in [-0.05, 0) is 89.0 Å². The molecular formula is C39H56N8O10S2. The number of carbonyl (C=O) groups is 5. The van der Waals surface area contributed by atoms with Crippen molar-refractivity contribution in [3.05, 3.63) is 41.7 Å². The number of primary amides is 1. The van der Waals surface area contributed by atoms with Crippen molar-refractivity contribution in [2.75, 3.05) is 18.1 Å². The van der Waals surface area contributed by atoms with E-state index >= 15 is 0 Å². The predicted octanol–water partition coefficient (Wildman–Crippen LogP) is 2.19. The third-order valence-electron chi connectivity index (χ3n) is 12.5. The number of nitrogens with zero attached hydrogens (tertiary/aromatic N) is 5. The maximum absolute atomic E-state index is 14.9. The molecule has 7 rings (SSSR count). The van der Waals surface area contributed by atoms with Gasteiger partial charge in [0.05, 0.1) is 22.8 Å². The van der Waals surface area contributed by atoms with Crippen LogP contribution in [0.25, 0.3) is 0 Å². The molecule has 0 radical (unpaired) electrons. The Morgan fingerprint density at radius 3 is 2.15 bits per heavy atom. The standard InChI is InChI=1S/C39H56N8O10S2/c1-38(2,53)32-22-41-44-46(32)28-21-31(36(51)43-39(33(48)34(40)49)16-18-58(54,55)19-17-39)45(23-28)37(52)30(20-24-6-4-3-5-7-24)42-35(50)25-8-14-29(15-9-25)59(56,57)47(26-10-11-26)27-12-13-27/h8-9,14-15,22,24,26-28,30-31,53-55H,3-7,10-13,16-21,23H2,1-2H3,(H2,40,49)(H,42,50)(H,43,51)/t28-,30+,31-/m0/s1. The number of hydrogen-bond donors (Lipinski definition) is 6. The van der Waals surface area contributed by atoms with Gasteiger partial charge in [-0.2, -0.15) is 14.9 Å². The highest BCUT2D eigenvalue weighted by Gasteiger charge is 2.51. The van der Waals surface area contributed by atoms with Gasteiger partial charge in [0.2, 0.25) is 27.6 Å². The summed E-state index contributed by atoms with van der Waals surface area (Å²) in [7, 11) is -6.82. The molecule has 0 bridgehead atoms. The van der Waals surface area contributed by atoms with E-state index in [9.17, 15) is 46.6 Å². The van der Waals surface area contributed by atoms with Crippen LogP contribution in [0.1, 0.15) is 119 Å². The summed E-state index contributed by atoms with van der Waals surface area (Å²) in [6, 6.07) is 2.63. The Bertz CT molecular complexity index is 2030. The Kier molecular flexibility index (Phi) is 12.1. The van der Waals surface area contributed by atoms with Gasteiger partial charge < -0.3 is 26.4 Å². The van der Waals surface area contributed by atoms with Crippen LogP contribution in [-0.4, -0.2) is 124 Å². The fourth-order valence-corrected chi connectivity index (χ4v) is 12.5. The van der Waals surface area contributed by atoms with E-state index in [1.807, 2.05) is 0 Å². The van der Waals surface area contributed by atoms with Crippen molar-refractivity contribution < 1.29 is 46.6 Å². The van der Waals surface area contributed by atoms with Crippen molar-refractivity contribution in [3.63, 3.8) is 0 Å². The molecule has 5 fully saturated rings. The van der Waals surface area contributed by atoms with Crippen molar-refractivity contribution in [1.29, 1.82) is 0 Å². The SMILES string of the molecule is CC(C)(O)c1cnnn1[C@H]1C[C@@H](C(=O)NC2(C(=O)C(N)=O)CCS(O)(O)CC2)N(C(=O)[C@@H](CC2CCCCC2)NC(=O)c2ccc(S(=O)(=O)N(C3CC3)C3CC3)cc2)C1. The third kappa shape index (κ3) is 9.36. The number of ketones is 1. The van der Waals surface area contributed by atoms with Crippen molar-refractivity contribution in [2.24, 2.45) is 11.7 Å². The highest BCUT2D eigenvalue weighted by molar-refractivity contribution is 8.24. The molecule has 2 saturated heterocycles. The van der Waals surface area contributed by atoms with Crippen LogP contribution in [0.4, 0.5) is 0 Å². The number of aliphatic hydroxyl groups is 1. The van der Waals surface area contributed by atoms with Gasteiger partial charge in [-0.1, -0.05) is 37.3 Å². The lowest BCUT2D eigenvalue weighted by Gasteiger charge is -2.45. The lowest BCUT2D eigenvalue weighted by atomic mass is 9.84. The number of Topliss-reactive ketones (excluding diaryl/α,β-unsaturated/α-hetero) is 1. The van der Waals surface area contributed by atoms with Crippen LogP contribution in [0.15, 0.2) is 35.4 Å². The number of benzene rings is 1. The van der Waals surface area contributed by atoms with E-state index < -0.39 is 79.3 Å². The number of aromatic nitrogens is 3. The minimum atomic E-state index is -3.76. The Morgan fingerprint density at radius 2 is 1.59 bits per heavy atom. The van der Waals surface area contributed by atoms with Gasteiger partial charge in [-0.25, -0.2) is 13.1 Å². The van der Waals surface area contributed by atoms with Gasteiger partial charge in [0.25, 0.3) is 11.8 Å². The number of hydrogen-bond acceptors (Lipinski definition) is 12. The fraction of sp³-hybridized carbons (Fsp3) is 0.667. The van der Waals surface area contributed by atoms with Gasteiger partial charge in [0, 0.05) is 42.1 Å². The molecule has 0 unspecified atom stereocenters. The summed E-state index contributed by atoms with van der Waals surface area (Å²) >= 11 is 0. The molecule has 7 N–H and O–H groups in total. The number of amides is 4. The van der Waals surface area contributed by atoms with E-state index in [4.69, 9.17) is 5.73 Å². The number of carbonyl (C=O) groups excluding carboxylic acids is 5. The zero-order valence-electron chi connectivity index (χ0n) is 33.5. The Balaban J connectivity index is 1.17. The molecule has 5 aliphatic rings. The number of rotatable bonds is 15. The van der Waals surface area contributed by atoms with Gasteiger partial charge in [-0.15, -0.1) is 5.10 Å². The average molecular weight is 861 g/mol. The molecule has 4 amide bonds. The molecule has 2 aliphatic heterocycles. The summed E-state index contributed by atoms with van der Waals surface area (Å²) in [5.74, 6) is -4.78. The highest BCUT2D eigenvalue weighted by Crippen LogP contribution is 2.47. The number of likely N-dealkylation sites (tertiary alicyclic amines) is 1. The molecule has 59 heavy (non-hydrogen) atoms. The molecule has 0 spiro atoms. The lowest BCUT2D eigenvalue weighted by molar-refractivity contribution is -0.145. The average Bonchev–Trinajstić information content (AvgIpc) is 4.11. The van der Waals surface area contributed by atoms with Gasteiger partial charge in [-0.3, -0.25) is 33.1 Å². The first-order valence-electron chi connectivity index (χ1n) is 20.6. The van der Waals surface area contributed by atoms with E-state index in [0.29, 0.717) is 5.69 Å².